The summed E-state index contributed by atoms with van der Waals surface area (Å²) in [5.74, 6) is 3.24. The van der Waals surface area contributed by atoms with E-state index in [4.69, 9.17) is 6.42 Å². The minimum absolute atomic E-state index is 0.546. The fourth-order valence-corrected chi connectivity index (χ4v) is 0.804. The van der Waals surface area contributed by atoms with Gasteiger partial charge in [0.2, 0.25) is 0 Å². The molecule has 1 nitrogen and oxygen atoms in total. The van der Waals surface area contributed by atoms with E-state index in [1.807, 2.05) is 0 Å². The van der Waals surface area contributed by atoms with Crippen molar-refractivity contribution in [2.45, 2.75) is 0 Å². The summed E-state index contributed by atoms with van der Waals surface area (Å²) >= 11 is 0. The molecule has 0 aliphatic carbocycles. The smallest absolute Gasteiger partial charge is 0.0454 e. The summed E-state index contributed by atoms with van der Waals surface area (Å²) in [6.07, 6.45) is 5.12. The predicted molar refractivity (Wildman–Crippen MR) is 29.8 cm³/mol. The number of hydrogen-bond donors (Lipinski definition) is 0. The van der Waals surface area contributed by atoms with Gasteiger partial charge in [0.05, 0.1) is 0 Å². The highest BCUT2D eigenvalue weighted by atomic mass is 15.2. The minimum Gasteiger partial charge on any atom is -0.304 e. The number of rotatable bonds is 0. The quantitative estimate of drug-likeness (QED) is 0.388. The first-order valence-corrected chi connectivity index (χ1v) is 2.47. The molecule has 1 aliphatic heterocycles. The van der Waals surface area contributed by atoms with Crippen molar-refractivity contribution in [3.63, 3.8) is 0 Å². The Labute approximate surface area is 44.3 Å². The lowest BCUT2D eigenvalue weighted by molar-refractivity contribution is 0.177. The molecule has 7 heavy (non-hydrogen) atoms. The molecule has 0 bridgehead atoms. The number of terminal acetylenes is 1. The first-order valence-electron chi connectivity index (χ1n) is 2.47. The average Bonchev–Trinajstić information content (AvgIpc) is 1.58. The summed E-state index contributed by atoms with van der Waals surface area (Å²) in [4.78, 5) is 2.21. The van der Waals surface area contributed by atoms with E-state index in [1.54, 1.807) is 0 Å². The molecule has 1 saturated heterocycles. The Morgan fingerprint density at radius 3 is 2.43 bits per heavy atom. The van der Waals surface area contributed by atoms with Gasteiger partial charge >= 0.3 is 0 Å². The Morgan fingerprint density at radius 1 is 1.71 bits per heavy atom. The van der Waals surface area contributed by atoms with E-state index in [0.29, 0.717) is 5.92 Å². The second kappa shape index (κ2) is 1.55. The van der Waals surface area contributed by atoms with Crippen LogP contribution in [0.15, 0.2) is 0 Å². The Balaban J connectivity index is 2.21. The zero-order valence-corrected chi connectivity index (χ0v) is 4.52. The van der Waals surface area contributed by atoms with Crippen LogP contribution in [0.3, 0.4) is 0 Å². The Morgan fingerprint density at radius 2 is 2.29 bits per heavy atom. The molecule has 0 atom stereocenters. The summed E-state index contributed by atoms with van der Waals surface area (Å²) in [7, 11) is 2.08. The molecule has 0 spiro atoms. The van der Waals surface area contributed by atoms with E-state index < -0.39 is 0 Å². The third-order valence-corrected chi connectivity index (χ3v) is 1.30. The number of hydrogen-bond acceptors (Lipinski definition) is 1. The second-order valence-corrected chi connectivity index (χ2v) is 2.08. The third-order valence-electron chi connectivity index (χ3n) is 1.30. The van der Waals surface area contributed by atoms with Gasteiger partial charge in [0.25, 0.3) is 0 Å². The highest BCUT2D eigenvalue weighted by molar-refractivity contribution is 5.00. The van der Waals surface area contributed by atoms with E-state index in [-0.39, 0.29) is 0 Å². The van der Waals surface area contributed by atoms with E-state index in [2.05, 4.69) is 17.9 Å². The molecule has 0 amide bonds. The van der Waals surface area contributed by atoms with Crippen molar-refractivity contribution >= 4 is 0 Å². The van der Waals surface area contributed by atoms with Crippen LogP contribution < -0.4 is 0 Å². The molecule has 0 N–H and O–H groups in total. The molecular formula is C6H9N. The highest BCUT2D eigenvalue weighted by Crippen LogP contribution is 2.09. The standard InChI is InChI=1S/C6H9N/c1-3-6-4-7(2)5-6/h1,6H,4-5H2,2H3. The molecule has 38 valence electrons. The van der Waals surface area contributed by atoms with Gasteiger partial charge in [-0.15, -0.1) is 12.3 Å². The van der Waals surface area contributed by atoms with Gasteiger partial charge in [-0.1, -0.05) is 0 Å². The lowest BCUT2D eigenvalue weighted by Crippen LogP contribution is -2.42. The van der Waals surface area contributed by atoms with Crippen molar-refractivity contribution < 1.29 is 0 Å². The van der Waals surface area contributed by atoms with Crippen molar-refractivity contribution in [2.24, 2.45) is 5.92 Å². The van der Waals surface area contributed by atoms with Gasteiger partial charge in [0.15, 0.2) is 0 Å². The van der Waals surface area contributed by atoms with Crippen LogP contribution in [-0.2, 0) is 0 Å². The Bertz CT molecular complexity index is 95.2. The first kappa shape index (κ1) is 4.67. The minimum atomic E-state index is 0.546. The fraction of sp³-hybridized carbons (Fsp3) is 0.667. The van der Waals surface area contributed by atoms with Gasteiger partial charge in [0, 0.05) is 19.0 Å². The van der Waals surface area contributed by atoms with Crippen LogP contribution in [0.2, 0.25) is 0 Å². The van der Waals surface area contributed by atoms with Gasteiger partial charge < -0.3 is 4.90 Å². The highest BCUT2D eigenvalue weighted by Gasteiger charge is 2.19. The fourth-order valence-electron chi connectivity index (χ4n) is 0.804. The van der Waals surface area contributed by atoms with Gasteiger partial charge in [0.1, 0.15) is 0 Å². The molecular weight excluding hydrogens is 86.1 g/mol. The maximum Gasteiger partial charge on any atom is 0.0454 e. The molecule has 0 aromatic rings. The van der Waals surface area contributed by atoms with Crippen molar-refractivity contribution in [3.8, 4) is 12.3 Å². The maximum absolute atomic E-state index is 5.12. The normalized spacial score (nSPS) is 23.4. The van der Waals surface area contributed by atoms with E-state index in [0.717, 1.165) is 13.1 Å². The van der Waals surface area contributed by atoms with Crippen LogP contribution in [0, 0.1) is 18.3 Å². The topological polar surface area (TPSA) is 3.24 Å². The second-order valence-electron chi connectivity index (χ2n) is 2.08. The van der Waals surface area contributed by atoms with Crippen molar-refractivity contribution in [3.05, 3.63) is 0 Å². The van der Waals surface area contributed by atoms with E-state index in [9.17, 15) is 0 Å². The lowest BCUT2D eigenvalue weighted by Gasteiger charge is -2.32. The summed E-state index contributed by atoms with van der Waals surface area (Å²) in [5, 5.41) is 0. The van der Waals surface area contributed by atoms with Crippen molar-refractivity contribution in [1.29, 1.82) is 0 Å². The van der Waals surface area contributed by atoms with Crippen LogP contribution in [-0.4, -0.2) is 25.0 Å². The largest absolute Gasteiger partial charge is 0.304 e. The summed E-state index contributed by atoms with van der Waals surface area (Å²) < 4.78 is 0. The van der Waals surface area contributed by atoms with Crippen molar-refractivity contribution in [1.82, 2.24) is 4.90 Å². The molecule has 1 heteroatoms. The molecule has 1 rings (SSSR count). The van der Waals surface area contributed by atoms with Gasteiger partial charge in [-0.3, -0.25) is 0 Å². The van der Waals surface area contributed by atoms with E-state index in [1.165, 1.54) is 0 Å². The third kappa shape index (κ3) is 0.755. The monoisotopic (exact) mass is 95.1 g/mol. The molecule has 1 aliphatic rings. The van der Waals surface area contributed by atoms with Gasteiger partial charge in [-0.2, -0.15) is 0 Å². The van der Waals surface area contributed by atoms with Gasteiger partial charge in [-0.05, 0) is 7.05 Å². The maximum atomic E-state index is 5.12. The summed E-state index contributed by atoms with van der Waals surface area (Å²) in [6, 6.07) is 0. The summed E-state index contributed by atoms with van der Waals surface area (Å²) in [6.45, 7) is 2.19. The molecule has 1 fully saturated rings. The first-order chi connectivity index (χ1) is 3.33. The molecule has 0 aromatic carbocycles. The molecule has 0 unspecified atom stereocenters. The van der Waals surface area contributed by atoms with Crippen LogP contribution in [0.25, 0.3) is 0 Å². The Hall–Kier alpha value is -0.480. The van der Waals surface area contributed by atoms with E-state index >= 15 is 0 Å². The number of likely N-dealkylation sites (tertiary alicyclic amines) is 1. The SMILES string of the molecule is C#CC1CN(C)C1. The molecule has 1 heterocycles. The molecule has 0 radical (unpaired) electrons. The van der Waals surface area contributed by atoms with Crippen molar-refractivity contribution in [2.75, 3.05) is 20.1 Å². The Kier molecular flexibility index (Phi) is 1.04. The molecule has 0 aromatic heterocycles. The summed E-state index contributed by atoms with van der Waals surface area (Å²) in [5.41, 5.74) is 0. The van der Waals surface area contributed by atoms with Gasteiger partial charge in [-0.25, -0.2) is 0 Å². The lowest BCUT2D eigenvalue weighted by atomic mass is 10.0. The predicted octanol–water partition coefficient (Wildman–Crippen LogP) is 0.181. The van der Waals surface area contributed by atoms with Crippen LogP contribution in [0.4, 0.5) is 0 Å². The zero-order chi connectivity index (χ0) is 5.28. The van der Waals surface area contributed by atoms with Crippen LogP contribution in [0.5, 0.6) is 0 Å². The zero-order valence-electron chi connectivity index (χ0n) is 4.52. The molecule has 0 saturated carbocycles. The number of nitrogens with zero attached hydrogens (tertiary/aromatic N) is 1. The van der Waals surface area contributed by atoms with Crippen LogP contribution in [0.1, 0.15) is 0 Å². The average molecular weight is 95.1 g/mol. The van der Waals surface area contributed by atoms with Crippen LogP contribution >= 0.6 is 0 Å².